The number of rotatable bonds is 9. The van der Waals surface area contributed by atoms with Crippen LogP contribution in [0.1, 0.15) is 13.3 Å². The lowest BCUT2D eigenvalue weighted by Crippen LogP contribution is -2.48. The fourth-order valence-corrected chi connectivity index (χ4v) is 1.83. The number of nitrogens with one attached hydrogen (secondary N) is 2. The minimum absolute atomic E-state index is 0.188. The summed E-state index contributed by atoms with van der Waals surface area (Å²) in [7, 11) is 0. The van der Waals surface area contributed by atoms with Crippen LogP contribution in [0.15, 0.2) is 0 Å². The van der Waals surface area contributed by atoms with Crippen molar-refractivity contribution in [2.45, 2.75) is 25.4 Å². The molecule has 0 spiro atoms. The van der Waals surface area contributed by atoms with Crippen LogP contribution in [0.3, 0.4) is 0 Å². The van der Waals surface area contributed by atoms with Gasteiger partial charge in [0.15, 0.2) is 0 Å². The standard InChI is InChI=1S/C10H17N4O4S/c1-6(16)13-5-19-4-7(3-15)14-10(18)8(11)2-9(12)17/h7-8H,2,4-5,11H2,1H3,(H2,12,17)(H,13,16)(H,14,18)/t7-,8+/m1/s1. The zero-order chi connectivity index (χ0) is 14.8. The van der Waals surface area contributed by atoms with Gasteiger partial charge in [0.1, 0.15) is 6.04 Å². The molecule has 0 aliphatic carbocycles. The number of carbonyl (C=O) groups excluding carboxylic acids is 4. The number of hydrogen-bond acceptors (Lipinski definition) is 6. The van der Waals surface area contributed by atoms with Gasteiger partial charge in [-0.3, -0.25) is 19.2 Å². The molecular formula is C10H17N4O4S. The van der Waals surface area contributed by atoms with E-state index in [0.717, 1.165) is 0 Å². The van der Waals surface area contributed by atoms with Gasteiger partial charge in [-0.1, -0.05) is 0 Å². The molecule has 107 valence electrons. The van der Waals surface area contributed by atoms with Crippen LogP contribution in [-0.4, -0.2) is 47.7 Å². The topological polar surface area (TPSA) is 144 Å². The molecule has 0 aromatic rings. The summed E-state index contributed by atoms with van der Waals surface area (Å²) in [6, 6.07) is -1.95. The minimum atomic E-state index is -1.09. The first-order valence-electron chi connectivity index (χ1n) is 5.41. The lowest BCUT2D eigenvalue weighted by Gasteiger charge is -2.15. The normalized spacial score (nSPS) is 13.2. The number of primary amides is 1. The van der Waals surface area contributed by atoms with Crippen molar-refractivity contribution in [2.24, 2.45) is 11.5 Å². The SMILES string of the molecule is CC(=O)NCSC[C@@H]([C]=O)NC(=O)[C@@H](N)CC(N)=O. The Kier molecular flexibility index (Phi) is 8.55. The Bertz CT molecular complexity index is 350. The van der Waals surface area contributed by atoms with Crippen LogP contribution in [0.5, 0.6) is 0 Å². The van der Waals surface area contributed by atoms with Gasteiger partial charge < -0.3 is 22.1 Å². The quantitative estimate of drug-likeness (QED) is 0.275. The molecule has 0 saturated carbocycles. The summed E-state index contributed by atoms with van der Waals surface area (Å²) in [5, 5.41) is 4.85. The van der Waals surface area contributed by atoms with Gasteiger partial charge in [-0.15, -0.1) is 11.8 Å². The second kappa shape index (κ2) is 9.34. The maximum Gasteiger partial charge on any atom is 0.238 e. The molecule has 0 aromatic heterocycles. The lowest BCUT2D eigenvalue weighted by atomic mass is 10.2. The first-order valence-corrected chi connectivity index (χ1v) is 6.56. The van der Waals surface area contributed by atoms with Crippen LogP contribution in [0.4, 0.5) is 0 Å². The fraction of sp³-hybridized carbons (Fsp3) is 0.600. The van der Waals surface area contributed by atoms with E-state index in [9.17, 15) is 19.2 Å². The van der Waals surface area contributed by atoms with E-state index in [2.05, 4.69) is 10.6 Å². The highest BCUT2D eigenvalue weighted by Crippen LogP contribution is 2.00. The molecule has 0 aromatic carbocycles. The average molecular weight is 289 g/mol. The zero-order valence-corrected chi connectivity index (χ0v) is 11.3. The van der Waals surface area contributed by atoms with Crippen molar-refractivity contribution < 1.29 is 19.2 Å². The molecule has 2 atom stereocenters. The van der Waals surface area contributed by atoms with Gasteiger partial charge in [-0.25, -0.2) is 0 Å². The number of carbonyl (C=O) groups is 3. The lowest BCUT2D eigenvalue weighted by molar-refractivity contribution is -0.126. The summed E-state index contributed by atoms with van der Waals surface area (Å²) in [5.41, 5.74) is 10.3. The highest BCUT2D eigenvalue weighted by Gasteiger charge is 2.19. The van der Waals surface area contributed by atoms with Gasteiger partial charge in [-0.2, -0.15) is 0 Å². The van der Waals surface area contributed by atoms with Gasteiger partial charge in [0.2, 0.25) is 24.0 Å². The van der Waals surface area contributed by atoms with E-state index in [1.165, 1.54) is 18.7 Å². The van der Waals surface area contributed by atoms with Gasteiger partial charge in [-0.05, 0) is 0 Å². The second-order valence-corrected chi connectivity index (χ2v) is 4.73. The number of nitrogens with two attached hydrogens (primary N) is 2. The fourth-order valence-electron chi connectivity index (χ4n) is 1.02. The Balaban J connectivity index is 4.03. The van der Waals surface area contributed by atoms with Crippen molar-refractivity contribution in [3.05, 3.63) is 0 Å². The van der Waals surface area contributed by atoms with E-state index in [4.69, 9.17) is 11.5 Å². The van der Waals surface area contributed by atoms with Crippen LogP contribution in [-0.2, 0) is 19.2 Å². The Labute approximate surface area is 115 Å². The highest BCUT2D eigenvalue weighted by atomic mass is 32.2. The zero-order valence-electron chi connectivity index (χ0n) is 10.5. The number of hydrogen-bond donors (Lipinski definition) is 4. The summed E-state index contributed by atoms with van der Waals surface area (Å²) in [4.78, 5) is 43.3. The molecular weight excluding hydrogens is 272 g/mol. The van der Waals surface area contributed by atoms with Crippen LogP contribution < -0.4 is 22.1 Å². The third-order valence-electron chi connectivity index (χ3n) is 1.92. The minimum Gasteiger partial charge on any atom is -0.370 e. The summed E-state index contributed by atoms with van der Waals surface area (Å²) in [6.45, 7) is 1.37. The van der Waals surface area contributed by atoms with E-state index in [-0.39, 0.29) is 18.1 Å². The predicted octanol–water partition coefficient (Wildman–Crippen LogP) is -2.39. The molecule has 0 heterocycles. The molecule has 0 bridgehead atoms. The van der Waals surface area contributed by atoms with Crippen LogP contribution in [0, 0.1) is 0 Å². The summed E-state index contributed by atoms with van der Waals surface area (Å²) >= 11 is 1.24. The van der Waals surface area contributed by atoms with Crippen molar-refractivity contribution >= 4 is 35.8 Å². The highest BCUT2D eigenvalue weighted by molar-refractivity contribution is 7.99. The molecule has 1 radical (unpaired) electrons. The van der Waals surface area contributed by atoms with Gasteiger partial charge >= 0.3 is 0 Å². The van der Waals surface area contributed by atoms with E-state index in [0.29, 0.717) is 5.88 Å². The first-order chi connectivity index (χ1) is 8.86. The Morgan fingerprint density at radius 2 is 2.00 bits per heavy atom. The van der Waals surface area contributed by atoms with Gasteiger partial charge in [0.05, 0.1) is 18.3 Å². The maximum atomic E-state index is 11.5. The van der Waals surface area contributed by atoms with Crippen molar-refractivity contribution in [1.82, 2.24) is 10.6 Å². The molecule has 0 unspecified atom stereocenters. The molecule has 0 rings (SSSR count). The van der Waals surface area contributed by atoms with Gasteiger partial charge in [0, 0.05) is 12.7 Å². The van der Waals surface area contributed by atoms with E-state index in [1.54, 1.807) is 6.29 Å². The monoisotopic (exact) mass is 289 g/mol. The maximum absolute atomic E-state index is 11.5. The molecule has 8 nitrogen and oxygen atoms in total. The smallest absolute Gasteiger partial charge is 0.238 e. The Hall–Kier alpha value is -1.61. The van der Waals surface area contributed by atoms with Crippen LogP contribution >= 0.6 is 11.8 Å². The summed E-state index contributed by atoms with van der Waals surface area (Å²) in [5.74, 6) is -0.983. The predicted molar refractivity (Wildman–Crippen MR) is 70.6 cm³/mol. The van der Waals surface area contributed by atoms with Crippen molar-refractivity contribution in [2.75, 3.05) is 11.6 Å². The largest absolute Gasteiger partial charge is 0.370 e. The molecule has 0 fully saturated rings. The number of thioether (sulfide) groups is 1. The molecule has 6 N–H and O–H groups in total. The first kappa shape index (κ1) is 17.4. The van der Waals surface area contributed by atoms with E-state index >= 15 is 0 Å². The molecule has 19 heavy (non-hydrogen) atoms. The molecule has 0 aliphatic heterocycles. The molecule has 0 aliphatic rings. The second-order valence-electron chi connectivity index (χ2n) is 3.70. The van der Waals surface area contributed by atoms with E-state index in [1.807, 2.05) is 0 Å². The van der Waals surface area contributed by atoms with Crippen LogP contribution in [0.25, 0.3) is 0 Å². The molecule has 9 heteroatoms. The van der Waals surface area contributed by atoms with Crippen molar-refractivity contribution in [1.29, 1.82) is 0 Å². The third-order valence-corrected chi connectivity index (χ3v) is 2.84. The summed E-state index contributed by atoms with van der Waals surface area (Å²) in [6.07, 6.45) is 1.35. The summed E-state index contributed by atoms with van der Waals surface area (Å²) < 4.78 is 0. The van der Waals surface area contributed by atoms with Crippen molar-refractivity contribution in [3.63, 3.8) is 0 Å². The van der Waals surface area contributed by atoms with E-state index < -0.39 is 23.9 Å². The third kappa shape index (κ3) is 9.03. The number of amides is 3. The van der Waals surface area contributed by atoms with Crippen LogP contribution in [0.2, 0.25) is 0 Å². The molecule has 3 amide bonds. The average Bonchev–Trinajstić information content (AvgIpc) is 2.31. The molecule has 0 saturated heterocycles. The van der Waals surface area contributed by atoms with Crippen molar-refractivity contribution in [3.8, 4) is 0 Å². The Morgan fingerprint density at radius 1 is 1.37 bits per heavy atom. The Morgan fingerprint density at radius 3 is 2.47 bits per heavy atom. The van der Waals surface area contributed by atoms with Gasteiger partial charge in [0.25, 0.3) is 0 Å².